The smallest absolute Gasteiger partial charge is 0.254 e. The van der Waals surface area contributed by atoms with E-state index in [-0.39, 0.29) is 12.0 Å². The monoisotopic (exact) mass is 610 g/mol. The molecule has 1 fully saturated rings. The Bertz CT molecular complexity index is 1800. The van der Waals surface area contributed by atoms with Gasteiger partial charge in [0.15, 0.2) is 0 Å². The van der Waals surface area contributed by atoms with Gasteiger partial charge in [0.25, 0.3) is 5.91 Å². The van der Waals surface area contributed by atoms with E-state index in [1.54, 1.807) is 30.6 Å². The molecule has 1 saturated heterocycles. The van der Waals surface area contributed by atoms with Crippen LogP contribution in [0, 0.1) is 12.7 Å². The Morgan fingerprint density at radius 1 is 0.977 bits per heavy atom. The van der Waals surface area contributed by atoms with Crippen LogP contribution in [0.15, 0.2) is 91.4 Å². The van der Waals surface area contributed by atoms with E-state index in [0.717, 1.165) is 40.8 Å². The molecule has 3 aromatic carbocycles. The molecular weight excluding hydrogens is 579 g/mol. The maximum Gasteiger partial charge on any atom is 0.254 e. The molecular formula is C34H32ClFN6O2. The molecule has 224 valence electrons. The zero-order chi connectivity index (χ0) is 30.6. The molecule has 6 rings (SSSR count). The number of pyridine rings is 1. The zero-order valence-corrected chi connectivity index (χ0v) is 24.9. The normalized spacial score (nSPS) is 14.0. The van der Waals surface area contributed by atoms with Crippen LogP contribution in [0.2, 0.25) is 5.02 Å². The van der Waals surface area contributed by atoms with Gasteiger partial charge in [0.2, 0.25) is 5.91 Å². The van der Waals surface area contributed by atoms with E-state index < -0.39 is 23.7 Å². The van der Waals surface area contributed by atoms with Gasteiger partial charge < -0.3 is 25.4 Å². The van der Waals surface area contributed by atoms with Gasteiger partial charge in [0.05, 0.1) is 5.56 Å². The lowest BCUT2D eigenvalue weighted by Gasteiger charge is -2.38. The van der Waals surface area contributed by atoms with Crippen molar-refractivity contribution in [3.63, 3.8) is 0 Å². The molecule has 3 N–H and O–H groups in total. The minimum absolute atomic E-state index is 0.123. The summed E-state index contributed by atoms with van der Waals surface area (Å²) in [6.07, 6.45) is 5.17. The average Bonchev–Trinajstić information content (AvgIpc) is 3.45. The van der Waals surface area contributed by atoms with Gasteiger partial charge in [-0.1, -0.05) is 35.9 Å². The first kappa shape index (κ1) is 29.2. The third-order valence-electron chi connectivity index (χ3n) is 8.02. The van der Waals surface area contributed by atoms with Gasteiger partial charge in [-0.25, -0.2) is 4.39 Å². The Morgan fingerprint density at radius 3 is 2.50 bits per heavy atom. The van der Waals surface area contributed by atoms with Crippen molar-refractivity contribution in [3.05, 3.63) is 119 Å². The number of halogens is 2. The predicted octanol–water partition coefficient (Wildman–Crippen LogP) is 5.97. The SMILES string of the molecule is Cc1ccc(Cl)cc1N1CCN(c2ccc(C(=O)NC(Cc3c[nH]c4ccccc34)C(=O)Nc3ccncc3)c(F)c2)CC1. The van der Waals surface area contributed by atoms with Gasteiger partial charge in [-0.15, -0.1) is 0 Å². The Labute approximate surface area is 259 Å². The maximum atomic E-state index is 15.5. The van der Waals surface area contributed by atoms with E-state index in [2.05, 4.69) is 37.3 Å². The number of rotatable bonds is 8. The number of amides is 2. The molecule has 10 heteroatoms. The standard InChI is InChI=1S/C34H32ClFN6O2/c1-22-6-7-24(35)19-32(22)42-16-14-41(15-17-42)26-8-9-28(29(36)20-26)33(43)40-31(34(44)39-25-10-12-37-13-11-25)18-23-21-38-30-5-3-2-4-27(23)30/h2-13,19-21,31,38H,14-18H2,1H3,(H,40,43)(H,37,39,44). The Hall–Kier alpha value is -4.89. The van der Waals surface area contributed by atoms with Crippen molar-refractivity contribution < 1.29 is 14.0 Å². The fourth-order valence-corrected chi connectivity index (χ4v) is 5.81. The summed E-state index contributed by atoms with van der Waals surface area (Å²) in [6.45, 7) is 4.96. The third kappa shape index (κ3) is 6.38. The van der Waals surface area contributed by atoms with Crippen molar-refractivity contribution in [3.8, 4) is 0 Å². The number of nitrogens with one attached hydrogen (secondary N) is 3. The quantitative estimate of drug-likeness (QED) is 0.201. The molecule has 1 aliphatic heterocycles. The Balaban J connectivity index is 1.16. The van der Waals surface area contributed by atoms with Crippen LogP contribution in [-0.4, -0.2) is 54.0 Å². The van der Waals surface area contributed by atoms with Gasteiger partial charge >= 0.3 is 0 Å². The molecule has 3 heterocycles. The van der Waals surface area contributed by atoms with Crippen LogP contribution in [0.3, 0.4) is 0 Å². The second kappa shape index (κ2) is 12.8. The highest BCUT2D eigenvalue weighted by Crippen LogP contribution is 2.27. The van der Waals surface area contributed by atoms with Gasteiger partial charge in [-0.3, -0.25) is 14.6 Å². The number of benzene rings is 3. The molecule has 2 aromatic heterocycles. The lowest BCUT2D eigenvalue weighted by atomic mass is 10.0. The van der Waals surface area contributed by atoms with E-state index in [4.69, 9.17) is 11.6 Å². The van der Waals surface area contributed by atoms with Gasteiger partial charge in [0, 0.05) is 84.2 Å². The number of carbonyl (C=O) groups is 2. The number of hydrogen-bond acceptors (Lipinski definition) is 5. The van der Waals surface area contributed by atoms with E-state index in [9.17, 15) is 9.59 Å². The van der Waals surface area contributed by atoms with Crippen molar-refractivity contribution in [1.82, 2.24) is 15.3 Å². The van der Waals surface area contributed by atoms with Gasteiger partial charge in [0.1, 0.15) is 11.9 Å². The number of carbonyl (C=O) groups excluding carboxylic acids is 2. The number of H-pyrrole nitrogens is 1. The molecule has 8 nitrogen and oxygen atoms in total. The second-order valence-electron chi connectivity index (χ2n) is 10.9. The summed E-state index contributed by atoms with van der Waals surface area (Å²) in [7, 11) is 0. The summed E-state index contributed by atoms with van der Waals surface area (Å²) in [5.74, 6) is -1.72. The molecule has 44 heavy (non-hydrogen) atoms. The van der Waals surface area contributed by atoms with Crippen LogP contribution < -0.4 is 20.4 Å². The molecule has 0 radical (unpaired) electrons. The number of hydrogen-bond donors (Lipinski definition) is 3. The molecule has 0 aliphatic carbocycles. The number of para-hydroxylation sites is 1. The summed E-state index contributed by atoms with van der Waals surface area (Å²) in [5, 5.41) is 7.26. The fraction of sp³-hybridized carbons (Fsp3) is 0.206. The summed E-state index contributed by atoms with van der Waals surface area (Å²) in [5.41, 5.74) is 5.16. The second-order valence-corrected chi connectivity index (χ2v) is 11.3. The van der Waals surface area contributed by atoms with E-state index in [0.29, 0.717) is 29.5 Å². The highest BCUT2D eigenvalue weighted by Gasteiger charge is 2.26. The minimum atomic E-state index is -0.961. The number of aromatic amines is 1. The highest BCUT2D eigenvalue weighted by molar-refractivity contribution is 6.30. The number of aromatic nitrogens is 2. The average molecular weight is 611 g/mol. The molecule has 0 spiro atoms. The lowest BCUT2D eigenvalue weighted by molar-refractivity contribution is -0.118. The summed E-state index contributed by atoms with van der Waals surface area (Å²) in [6, 6.07) is 20.6. The topological polar surface area (TPSA) is 93.4 Å². The van der Waals surface area contributed by atoms with E-state index >= 15 is 4.39 Å². The van der Waals surface area contributed by atoms with E-state index in [1.165, 1.54) is 12.1 Å². The number of fused-ring (bicyclic) bond motifs is 1. The first-order valence-corrected chi connectivity index (χ1v) is 14.9. The van der Waals surface area contributed by atoms with Crippen LogP contribution in [0.5, 0.6) is 0 Å². The van der Waals surface area contributed by atoms with Crippen LogP contribution in [0.25, 0.3) is 10.9 Å². The van der Waals surface area contributed by atoms with Crippen molar-refractivity contribution in [2.24, 2.45) is 0 Å². The van der Waals surface area contributed by atoms with Crippen LogP contribution in [0.4, 0.5) is 21.5 Å². The van der Waals surface area contributed by atoms with Crippen molar-refractivity contribution in [2.75, 3.05) is 41.3 Å². The van der Waals surface area contributed by atoms with E-state index in [1.807, 2.05) is 48.7 Å². The Kier molecular flexibility index (Phi) is 8.47. The maximum absolute atomic E-state index is 15.5. The van der Waals surface area contributed by atoms with Gasteiger partial charge in [-0.05, 0) is 66.6 Å². The van der Waals surface area contributed by atoms with Crippen LogP contribution in [0.1, 0.15) is 21.5 Å². The molecule has 1 atom stereocenters. The number of aryl methyl sites for hydroxylation is 1. The number of nitrogens with zero attached hydrogens (tertiary/aromatic N) is 3. The third-order valence-corrected chi connectivity index (χ3v) is 8.26. The fourth-order valence-electron chi connectivity index (χ4n) is 5.64. The number of anilines is 3. The molecule has 2 amide bonds. The lowest BCUT2D eigenvalue weighted by Crippen LogP contribution is -2.47. The zero-order valence-electron chi connectivity index (χ0n) is 24.2. The Morgan fingerprint density at radius 2 is 1.73 bits per heavy atom. The summed E-state index contributed by atoms with van der Waals surface area (Å²) >= 11 is 6.22. The number of piperazine rings is 1. The van der Waals surface area contributed by atoms with Crippen LogP contribution in [-0.2, 0) is 11.2 Å². The largest absolute Gasteiger partial charge is 0.368 e. The molecule has 1 aliphatic rings. The molecule has 1 unspecified atom stereocenters. The van der Waals surface area contributed by atoms with Gasteiger partial charge in [-0.2, -0.15) is 0 Å². The van der Waals surface area contributed by atoms with Crippen LogP contribution >= 0.6 is 11.6 Å². The summed E-state index contributed by atoms with van der Waals surface area (Å²) in [4.78, 5) is 38.3. The highest BCUT2D eigenvalue weighted by atomic mass is 35.5. The van der Waals surface area contributed by atoms with Crippen molar-refractivity contribution in [1.29, 1.82) is 0 Å². The predicted molar refractivity (Wildman–Crippen MR) is 173 cm³/mol. The first-order chi connectivity index (χ1) is 21.4. The molecule has 0 bridgehead atoms. The first-order valence-electron chi connectivity index (χ1n) is 14.5. The molecule has 0 saturated carbocycles. The summed E-state index contributed by atoms with van der Waals surface area (Å²) < 4.78 is 15.5. The minimum Gasteiger partial charge on any atom is -0.368 e. The molecule has 5 aromatic rings. The van der Waals surface area contributed by atoms with Crippen molar-refractivity contribution >= 4 is 51.4 Å². The van der Waals surface area contributed by atoms with Crippen molar-refractivity contribution in [2.45, 2.75) is 19.4 Å².